The number of benzene rings is 2. The first-order valence-corrected chi connectivity index (χ1v) is 11.1. The van der Waals surface area contributed by atoms with Gasteiger partial charge in [-0.15, -0.1) is 0 Å². The van der Waals surface area contributed by atoms with Gasteiger partial charge >= 0.3 is 0 Å². The van der Waals surface area contributed by atoms with Crippen molar-refractivity contribution >= 4 is 72.5 Å². The Labute approximate surface area is 185 Å². The van der Waals surface area contributed by atoms with E-state index >= 15 is 0 Å². The molecule has 0 spiro atoms. The van der Waals surface area contributed by atoms with Crippen molar-refractivity contribution in [3.8, 4) is 0 Å². The average molecular weight is 516 g/mol. The minimum Gasteiger partial charge on any atom is -0.450 e. The average Bonchev–Trinajstić information content (AvgIpc) is 3.09. The van der Waals surface area contributed by atoms with Gasteiger partial charge in [0.05, 0.1) is 15.6 Å². The lowest BCUT2D eigenvalue weighted by Crippen LogP contribution is -2.14. The number of anilines is 2. The Morgan fingerprint density at radius 3 is 2.41 bits per heavy atom. The van der Waals surface area contributed by atoms with Crippen molar-refractivity contribution < 1.29 is 17.6 Å². The molecular weight excluding hydrogens is 503 g/mol. The second kappa shape index (κ2) is 9.04. The lowest BCUT2D eigenvalue weighted by Gasteiger charge is -2.11. The predicted molar refractivity (Wildman–Crippen MR) is 118 cm³/mol. The Balaban J connectivity index is 1.77. The van der Waals surface area contributed by atoms with E-state index in [9.17, 15) is 13.2 Å². The molecule has 6 nitrogen and oxygen atoms in total. The van der Waals surface area contributed by atoms with Crippen molar-refractivity contribution in [3.63, 3.8) is 0 Å². The van der Waals surface area contributed by atoms with Gasteiger partial charge in [0.2, 0.25) is 5.91 Å². The SMILES string of the molecule is O=C(/C=C/c1ccc(Br)o1)Nc1cc(S(=O)(=O)Nc2ccc(Cl)cc2)ccc1Cl. The summed E-state index contributed by atoms with van der Waals surface area (Å²) in [4.78, 5) is 12.1. The smallest absolute Gasteiger partial charge is 0.261 e. The van der Waals surface area contributed by atoms with Gasteiger partial charge in [-0.3, -0.25) is 9.52 Å². The monoisotopic (exact) mass is 514 g/mol. The molecule has 0 saturated heterocycles. The minimum absolute atomic E-state index is 0.0638. The normalized spacial score (nSPS) is 11.6. The van der Waals surface area contributed by atoms with E-state index in [1.54, 1.807) is 24.3 Å². The van der Waals surface area contributed by atoms with Crippen molar-refractivity contribution in [2.24, 2.45) is 0 Å². The molecule has 1 aromatic heterocycles. The molecule has 2 aromatic carbocycles. The second-order valence-corrected chi connectivity index (χ2v) is 9.03. The predicted octanol–water partition coefficient (Wildman–Crippen LogP) is 5.80. The van der Waals surface area contributed by atoms with Crippen LogP contribution in [0.5, 0.6) is 0 Å². The van der Waals surface area contributed by atoms with Gasteiger partial charge in [-0.05, 0) is 76.6 Å². The van der Waals surface area contributed by atoms with E-state index in [0.717, 1.165) is 0 Å². The molecule has 1 amide bonds. The van der Waals surface area contributed by atoms with Crippen LogP contribution in [0, 0.1) is 0 Å². The summed E-state index contributed by atoms with van der Waals surface area (Å²) in [5.41, 5.74) is 0.503. The Morgan fingerprint density at radius 1 is 1.03 bits per heavy atom. The van der Waals surface area contributed by atoms with Gasteiger partial charge in [-0.25, -0.2) is 8.42 Å². The van der Waals surface area contributed by atoms with Crippen molar-refractivity contribution in [1.29, 1.82) is 0 Å². The number of carbonyl (C=O) groups is 1. The highest BCUT2D eigenvalue weighted by Crippen LogP contribution is 2.27. The standard InChI is InChI=1S/C19H13BrCl2N2O4S/c20-18-9-5-14(28-18)6-10-19(25)23-17-11-15(7-8-16(17)22)29(26,27)24-13-3-1-12(21)2-4-13/h1-11,24H,(H,23,25)/b10-6+. The maximum Gasteiger partial charge on any atom is 0.261 e. The zero-order valence-corrected chi connectivity index (χ0v) is 18.4. The Morgan fingerprint density at radius 2 is 1.76 bits per heavy atom. The van der Waals surface area contributed by atoms with Crippen molar-refractivity contribution in [1.82, 2.24) is 0 Å². The first-order valence-electron chi connectivity index (χ1n) is 8.05. The van der Waals surface area contributed by atoms with Crippen molar-refractivity contribution in [3.05, 3.63) is 81.1 Å². The number of amides is 1. The van der Waals surface area contributed by atoms with Crippen LogP contribution >= 0.6 is 39.1 Å². The summed E-state index contributed by atoms with van der Waals surface area (Å²) < 4.78 is 33.5. The summed E-state index contributed by atoms with van der Waals surface area (Å²) in [6, 6.07) is 13.6. The van der Waals surface area contributed by atoms with E-state index < -0.39 is 15.9 Å². The third-order valence-electron chi connectivity index (χ3n) is 3.60. The molecule has 2 N–H and O–H groups in total. The van der Waals surface area contributed by atoms with Gasteiger partial charge in [-0.1, -0.05) is 23.2 Å². The van der Waals surface area contributed by atoms with Crippen LogP contribution in [-0.4, -0.2) is 14.3 Å². The number of hydrogen-bond acceptors (Lipinski definition) is 4. The Kier molecular flexibility index (Phi) is 6.69. The first kappa shape index (κ1) is 21.4. The maximum atomic E-state index is 12.6. The van der Waals surface area contributed by atoms with Gasteiger partial charge in [0.1, 0.15) is 5.76 Å². The highest BCUT2D eigenvalue weighted by molar-refractivity contribution is 9.10. The fourth-order valence-corrected chi connectivity index (χ4v) is 3.94. The number of furan rings is 1. The molecule has 0 aliphatic carbocycles. The molecular formula is C19H13BrCl2N2O4S. The van der Waals surface area contributed by atoms with Crippen LogP contribution in [0.25, 0.3) is 6.08 Å². The number of halogens is 3. The van der Waals surface area contributed by atoms with E-state index in [-0.39, 0.29) is 15.6 Å². The second-order valence-electron chi connectivity index (χ2n) is 5.72. The molecule has 29 heavy (non-hydrogen) atoms. The molecule has 0 atom stereocenters. The van der Waals surface area contributed by atoms with Gasteiger partial charge in [0, 0.05) is 16.8 Å². The van der Waals surface area contributed by atoms with Crippen LogP contribution < -0.4 is 10.0 Å². The molecule has 0 bridgehead atoms. The highest BCUT2D eigenvalue weighted by Gasteiger charge is 2.17. The lowest BCUT2D eigenvalue weighted by molar-refractivity contribution is -0.111. The summed E-state index contributed by atoms with van der Waals surface area (Å²) in [6.07, 6.45) is 2.71. The number of hydrogen-bond donors (Lipinski definition) is 2. The van der Waals surface area contributed by atoms with E-state index in [0.29, 0.717) is 21.1 Å². The van der Waals surface area contributed by atoms with Crippen LogP contribution in [0.4, 0.5) is 11.4 Å². The third-order valence-corrected chi connectivity index (χ3v) is 5.98. The molecule has 0 unspecified atom stereocenters. The third kappa shape index (κ3) is 5.86. The largest absolute Gasteiger partial charge is 0.450 e. The van der Waals surface area contributed by atoms with Crippen LogP contribution in [0.2, 0.25) is 10.0 Å². The maximum absolute atomic E-state index is 12.6. The molecule has 0 saturated carbocycles. The zero-order chi connectivity index (χ0) is 21.0. The number of rotatable bonds is 6. The summed E-state index contributed by atoms with van der Waals surface area (Å²) in [7, 11) is -3.89. The molecule has 3 aromatic rings. The first-order chi connectivity index (χ1) is 13.7. The molecule has 3 rings (SSSR count). The summed E-state index contributed by atoms with van der Waals surface area (Å²) in [5, 5.41) is 3.23. The molecule has 0 aliphatic rings. The molecule has 0 aliphatic heterocycles. The molecule has 0 radical (unpaired) electrons. The van der Waals surface area contributed by atoms with Crippen LogP contribution in [0.1, 0.15) is 5.76 Å². The molecule has 150 valence electrons. The Hall–Kier alpha value is -2.26. The van der Waals surface area contributed by atoms with Crippen molar-refractivity contribution in [2.75, 3.05) is 10.0 Å². The summed E-state index contributed by atoms with van der Waals surface area (Å²) in [5.74, 6) is -0.0266. The van der Waals surface area contributed by atoms with Crippen LogP contribution in [0.3, 0.4) is 0 Å². The summed E-state index contributed by atoms with van der Waals surface area (Å²) in [6.45, 7) is 0. The van der Waals surface area contributed by atoms with E-state index in [4.69, 9.17) is 27.6 Å². The van der Waals surface area contributed by atoms with E-state index in [1.165, 1.54) is 42.5 Å². The fraction of sp³-hybridized carbons (Fsp3) is 0. The van der Waals surface area contributed by atoms with Crippen molar-refractivity contribution in [2.45, 2.75) is 4.90 Å². The summed E-state index contributed by atoms with van der Waals surface area (Å²) >= 11 is 15.1. The van der Waals surface area contributed by atoms with E-state index in [2.05, 4.69) is 26.0 Å². The molecule has 1 heterocycles. The van der Waals surface area contributed by atoms with Gasteiger partial charge < -0.3 is 9.73 Å². The Bertz CT molecular complexity index is 1180. The van der Waals surface area contributed by atoms with Crippen LogP contribution in [-0.2, 0) is 14.8 Å². The fourth-order valence-electron chi connectivity index (χ4n) is 2.25. The number of nitrogens with one attached hydrogen (secondary N) is 2. The quantitative estimate of drug-likeness (QED) is 0.406. The lowest BCUT2D eigenvalue weighted by atomic mass is 10.3. The van der Waals surface area contributed by atoms with Gasteiger partial charge in [0.15, 0.2) is 4.67 Å². The molecule has 10 heteroatoms. The number of sulfonamides is 1. The minimum atomic E-state index is -3.89. The topological polar surface area (TPSA) is 88.4 Å². The zero-order valence-electron chi connectivity index (χ0n) is 14.5. The number of carbonyl (C=O) groups excluding carboxylic acids is 1. The van der Waals surface area contributed by atoms with Gasteiger partial charge in [-0.2, -0.15) is 0 Å². The molecule has 0 fully saturated rings. The van der Waals surface area contributed by atoms with Crippen LogP contribution in [0.15, 0.2) is 74.7 Å². The van der Waals surface area contributed by atoms with Gasteiger partial charge in [0.25, 0.3) is 10.0 Å². The highest BCUT2D eigenvalue weighted by atomic mass is 79.9. The van der Waals surface area contributed by atoms with E-state index in [1.807, 2.05) is 0 Å².